The van der Waals surface area contributed by atoms with Crippen molar-refractivity contribution in [2.24, 2.45) is 0 Å². The Bertz CT molecular complexity index is 1250. The number of amides is 1. The van der Waals surface area contributed by atoms with Crippen LogP contribution in [0.4, 0.5) is 5.69 Å². The third-order valence-corrected chi connectivity index (χ3v) is 5.60. The van der Waals surface area contributed by atoms with Gasteiger partial charge in [-0.3, -0.25) is 9.78 Å². The maximum Gasteiger partial charge on any atom is 0.258 e. The minimum Gasteiger partial charge on any atom is -0.488 e. The maximum absolute atomic E-state index is 12.9. The summed E-state index contributed by atoms with van der Waals surface area (Å²) < 4.78 is 6.16. The Kier molecular flexibility index (Phi) is 6.12. The molecule has 6 heteroatoms. The molecule has 0 saturated heterocycles. The summed E-state index contributed by atoms with van der Waals surface area (Å²) in [5.41, 5.74) is 4.60. The van der Waals surface area contributed by atoms with Crippen molar-refractivity contribution >= 4 is 45.7 Å². The number of hydrogen-bond acceptors (Lipinski definition) is 3. The molecule has 4 rings (SSSR count). The number of rotatable bonds is 5. The third kappa shape index (κ3) is 4.50. The number of nitrogens with one attached hydrogen (secondary N) is 1. The molecular formula is C25H20Cl2N2O2. The normalized spacial score (nSPS) is 10.8. The summed E-state index contributed by atoms with van der Waals surface area (Å²) in [5, 5.41) is 4.27. The molecule has 1 N–H and O–H groups in total. The second kappa shape index (κ2) is 8.96. The first-order valence-electron chi connectivity index (χ1n) is 9.76. The van der Waals surface area contributed by atoms with Crippen molar-refractivity contribution in [3.05, 3.63) is 99.2 Å². The first-order valence-corrected chi connectivity index (χ1v) is 10.5. The number of ether oxygens (including phenoxy) is 1. The molecule has 0 aliphatic rings. The molecule has 1 heterocycles. The zero-order valence-corrected chi connectivity index (χ0v) is 18.6. The fourth-order valence-electron chi connectivity index (χ4n) is 3.33. The second-order valence-corrected chi connectivity index (χ2v) is 8.11. The van der Waals surface area contributed by atoms with Crippen LogP contribution in [0.15, 0.2) is 66.9 Å². The SMILES string of the molecule is Cc1ccc(COc2c(C)cnc3c(NC(=O)c4c(Cl)cccc4Cl)cccc23)cc1. The van der Waals surface area contributed by atoms with Crippen LogP contribution in [0, 0.1) is 13.8 Å². The average molecular weight is 451 g/mol. The Morgan fingerprint density at radius 3 is 2.35 bits per heavy atom. The number of hydrogen-bond donors (Lipinski definition) is 1. The fraction of sp³-hybridized carbons (Fsp3) is 0.120. The van der Waals surface area contributed by atoms with Crippen molar-refractivity contribution in [2.45, 2.75) is 20.5 Å². The molecule has 0 aliphatic heterocycles. The number of fused-ring (bicyclic) bond motifs is 1. The van der Waals surface area contributed by atoms with E-state index in [1.807, 2.05) is 31.2 Å². The van der Waals surface area contributed by atoms with Crippen LogP contribution in [0.2, 0.25) is 10.0 Å². The molecule has 0 radical (unpaired) electrons. The first kappa shape index (κ1) is 21.2. The van der Waals surface area contributed by atoms with Gasteiger partial charge < -0.3 is 10.1 Å². The number of aryl methyl sites for hydroxylation is 2. The monoisotopic (exact) mass is 450 g/mol. The van der Waals surface area contributed by atoms with E-state index >= 15 is 0 Å². The Balaban J connectivity index is 1.66. The number of nitrogens with zero attached hydrogens (tertiary/aromatic N) is 1. The van der Waals surface area contributed by atoms with Crippen LogP contribution in [-0.4, -0.2) is 10.9 Å². The van der Waals surface area contributed by atoms with Gasteiger partial charge in [0.1, 0.15) is 12.4 Å². The summed E-state index contributed by atoms with van der Waals surface area (Å²) in [6.07, 6.45) is 1.74. The topological polar surface area (TPSA) is 51.2 Å². The molecule has 1 aromatic heterocycles. The fourth-order valence-corrected chi connectivity index (χ4v) is 3.90. The van der Waals surface area contributed by atoms with Crippen molar-refractivity contribution in [2.75, 3.05) is 5.32 Å². The number of aromatic nitrogens is 1. The molecule has 0 fully saturated rings. The highest BCUT2D eigenvalue weighted by atomic mass is 35.5. The predicted octanol–water partition coefficient (Wildman–Crippen LogP) is 6.99. The van der Waals surface area contributed by atoms with Gasteiger partial charge in [0.05, 0.1) is 26.8 Å². The van der Waals surface area contributed by atoms with Gasteiger partial charge in [0.15, 0.2) is 0 Å². The first-order chi connectivity index (χ1) is 14.9. The van der Waals surface area contributed by atoms with E-state index in [2.05, 4.69) is 29.4 Å². The van der Waals surface area contributed by atoms with Crippen LogP contribution in [0.1, 0.15) is 27.0 Å². The highest BCUT2D eigenvalue weighted by Crippen LogP contribution is 2.33. The predicted molar refractivity (Wildman–Crippen MR) is 126 cm³/mol. The van der Waals surface area contributed by atoms with Crippen molar-refractivity contribution < 1.29 is 9.53 Å². The number of pyridine rings is 1. The van der Waals surface area contributed by atoms with Gasteiger partial charge in [-0.15, -0.1) is 0 Å². The van der Waals surface area contributed by atoms with Crippen LogP contribution in [-0.2, 0) is 6.61 Å². The molecule has 4 nitrogen and oxygen atoms in total. The lowest BCUT2D eigenvalue weighted by atomic mass is 10.1. The molecule has 0 unspecified atom stereocenters. The van der Waals surface area contributed by atoms with Crippen molar-refractivity contribution in [3.63, 3.8) is 0 Å². The molecule has 0 atom stereocenters. The number of benzene rings is 3. The number of anilines is 1. The molecule has 0 bridgehead atoms. The molecule has 0 aliphatic carbocycles. The van der Waals surface area contributed by atoms with E-state index in [4.69, 9.17) is 27.9 Å². The zero-order valence-electron chi connectivity index (χ0n) is 17.1. The van der Waals surface area contributed by atoms with Crippen LogP contribution in [0.25, 0.3) is 10.9 Å². The molecular weight excluding hydrogens is 431 g/mol. The lowest BCUT2D eigenvalue weighted by Gasteiger charge is -2.15. The Morgan fingerprint density at radius 1 is 0.968 bits per heavy atom. The van der Waals surface area contributed by atoms with Crippen LogP contribution >= 0.6 is 23.2 Å². The highest BCUT2D eigenvalue weighted by Gasteiger charge is 2.17. The van der Waals surface area contributed by atoms with Crippen LogP contribution in [0.5, 0.6) is 5.75 Å². The van der Waals surface area contributed by atoms with Gasteiger partial charge in [-0.2, -0.15) is 0 Å². The largest absolute Gasteiger partial charge is 0.488 e. The van der Waals surface area contributed by atoms with E-state index in [0.29, 0.717) is 17.8 Å². The summed E-state index contributed by atoms with van der Waals surface area (Å²) in [6, 6.07) is 18.7. The van der Waals surface area contributed by atoms with E-state index < -0.39 is 5.91 Å². The summed E-state index contributed by atoms with van der Waals surface area (Å²) in [6.45, 7) is 4.44. The molecule has 1 amide bonds. The van der Waals surface area contributed by atoms with Gasteiger partial charge in [0.2, 0.25) is 0 Å². The lowest BCUT2D eigenvalue weighted by molar-refractivity contribution is 0.102. The Morgan fingerprint density at radius 2 is 1.65 bits per heavy atom. The zero-order chi connectivity index (χ0) is 22.0. The highest BCUT2D eigenvalue weighted by molar-refractivity contribution is 6.40. The number of para-hydroxylation sites is 1. The molecule has 156 valence electrons. The quantitative estimate of drug-likeness (QED) is 0.356. The minimum absolute atomic E-state index is 0.228. The van der Waals surface area contributed by atoms with E-state index in [1.54, 1.807) is 30.5 Å². The summed E-state index contributed by atoms with van der Waals surface area (Å²) in [5.74, 6) is 0.338. The Labute approximate surface area is 190 Å². The number of carbonyl (C=O) groups is 1. The smallest absolute Gasteiger partial charge is 0.258 e. The van der Waals surface area contributed by atoms with Gasteiger partial charge in [0.25, 0.3) is 5.91 Å². The van der Waals surface area contributed by atoms with Gasteiger partial charge in [-0.05, 0) is 43.7 Å². The molecule has 4 aromatic rings. The summed E-state index contributed by atoms with van der Waals surface area (Å²) in [4.78, 5) is 17.4. The molecule has 0 saturated carbocycles. The molecule has 3 aromatic carbocycles. The van der Waals surface area contributed by atoms with Gasteiger partial charge >= 0.3 is 0 Å². The van der Waals surface area contributed by atoms with Crippen molar-refractivity contribution in [1.82, 2.24) is 4.98 Å². The van der Waals surface area contributed by atoms with E-state index in [0.717, 1.165) is 22.3 Å². The summed E-state index contributed by atoms with van der Waals surface area (Å²) >= 11 is 12.4. The van der Waals surface area contributed by atoms with E-state index in [9.17, 15) is 4.79 Å². The molecule has 31 heavy (non-hydrogen) atoms. The van der Waals surface area contributed by atoms with Crippen LogP contribution < -0.4 is 10.1 Å². The van der Waals surface area contributed by atoms with Gasteiger partial charge in [-0.1, -0.05) is 65.2 Å². The van der Waals surface area contributed by atoms with Gasteiger partial charge in [0, 0.05) is 17.1 Å². The summed E-state index contributed by atoms with van der Waals surface area (Å²) in [7, 11) is 0. The minimum atomic E-state index is -0.396. The number of halogens is 2. The second-order valence-electron chi connectivity index (χ2n) is 7.30. The van der Waals surface area contributed by atoms with E-state index in [-0.39, 0.29) is 15.6 Å². The van der Waals surface area contributed by atoms with Crippen molar-refractivity contribution in [3.8, 4) is 5.75 Å². The van der Waals surface area contributed by atoms with Crippen LogP contribution in [0.3, 0.4) is 0 Å². The van der Waals surface area contributed by atoms with Gasteiger partial charge in [-0.25, -0.2) is 0 Å². The standard InChI is InChI=1S/C25H20Cl2N2O2/c1-15-9-11-17(12-10-15)14-31-24-16(2)13-28-23-18(24)5-3-8-21(23)29-25(30)22-19(26)6-4-7-20(22)27/h3-13H,14H2,1-2H3,(H,29,30). The van der Waals surface area contributed by atoms with Crippen molar-refractivity contribution in [1.29, 1.82) is 0 Å². The maximum atomic E-state index is 12.9. The molecule has 0 spiro atoms. The Hall–Kier alpha value is -3.08. The van der Waals surface area contributed by atoms with E-state index in [1.165, 1.54) is 5.56 Å². The third-order valence-electron chi connectivity index (χ3n) is 4.97. The lowest BCUT2D eigenvalue weighted by Crippen LogP contribution is -2.13. The number of carbonyl (C=O) groups excluding carboxylic acids is 1. The average Bonchev–Trinajstić information content (AvgIpc) is 2.74.